The van der Waals surface area contributed by atoms with Gasteiger partial charge in [0.2, 0.25) is 15.9 Å². The van der Waals surface area contributed by atoms with Crippen LogP contribution in [0.5, 0.6) is 11.5 Å². The number of primary amides is 1. The van der Waals surface area contributed by atoms with Crippen molar-refractivity contribution in [1.29, 1.82) is 0 Å². The van der Waals surface area contributed by atoms with Gasteiger partial charge in [0, 0.05) is 11.6 Å². The summed E-state index contributed by atoms with van der Waals surface area (Å²) in [7, 11) is -3.88. The van der Waals surface area contributed by atoms with E-state index in [-0.39, 0.29) is 10.6 Å². The summed E-state index contributed by atoms with van der Waals surface area (Å²) >= 11 is 0. The van der Waals surface area contributed by atoms with Crippen molar-refractivity contribution in [2.45, 2.75) is 4.90 Å². The molecule has 2 rings (SSSR count). The Morgan fingerprint density at radius 1 is 1.05 bits per heavy atom. The summed E-state index contributed by atoms with van der Waals surface area (Å²) in [5, 5.41) is 5.01. The molecular formula is C13H13N3O4S. The first kappa shape index (κ1) is 14.8. The van der Waals surface area contributed by atoms with Crippen LogP contribution < -0.4 is 21.3 Å². The molecule has 0 heterocycles. The number of hydrogen-bond donors (Lipinski definition) is 3. The van der Waals surface area contributed by atoms with Gasteiger partial charge >= 0.3 is 0 Å². The minimum atomic E-state index is -3.88. The van der Waals surface area contributed by atoms with Gasteiger partial charge in [-0.2, -0.15) is 0 Å². The number of nitrogens with two attached hydrogens (primary N) is 3. The van der Waals surface area contributed by atoms with Gasteiger partial charge in [-0.1, -0.05) is 6.07 Å². The zero-order valence-electron chi connectivity index (χ0n) is 10.8. The monoisotopic (exact) mass is 307 g/mol. The van der Waals surface area contributed by atoms with Gasteiger partial charge in [-0.15, -0.1) is 0 Å². The lowest BCUT2D eigenvalue weighted by Crippen LogP contribution is -2.14. The molecule has 1 amide bonds. The first-order valence-electron chi connectivity index (χ1n) is 5.77. The second-order valence-electron chi connectivity index (χ2n) is 4.24. The lowest BCUT2D eigenvalue weighted by molar-refractivity contribution is 0.1000. The van der Waals surface area contributed by atoms with Crippen molar-refractivity contribution in [1.82, 2.24) is 0 Å². The van der Waals surface area contributed by atoms with Crippen molar-refractivity contribution in [3.63, 3.8) is 0 Å². The fourth-order valence-electron chi connectivity index (χ4n) is 1.70. The van der Waals surface area contributed by atoms with Crippen LogP contribution in [0.15, 0.2) is 47.4 Å². The number of rotatable bonds is 4. The summed E-state index contributed by atoms with van der Waals surface area (Å²) in [6, 6.07) is 10.2. The summed E-state index contributed by atoms with van der Waals surface area (Å²) in [5.74, 6) is 0.0973. The topological polar surface area (TPSA) is 138 Å². The molecule has 0 fully saturated rings. The third-order valence-corrected chi connectivity index (χ3v) is 3.63. The Morgan fingerprint density at radius 2 is 1.71 bits per heavy atom. The molecule has 7 nitrogen and oxygen atoms in total. The number of ether oxygens (including phenoxy) is 1. The van der Waals surface area contributed by atoms with Crippen molar-refractivity contribution >= 4 is 21.6 Å². The van der Waals surface area contributed by atoms with E-state index in [1.165, 1.54) is 24.3 Å². The van der Waals surface area contributed by atoms with E-state index in [2.05, 4.69) is 0 Å². The number of carbonyl (C=O) groups is 1. The van der Waals surface area contributed by atoms with Crippen molar-refractivity contribution in [2.24, 2.45) is 10.9 Å². The zero-order valence-corrected chi connectivity index (χ0v) is 11.6. The summed E-state index contributed by atoms with van der Waals surface area (Å²) < 4.78 is 28.0. The van der Waals surface area contributed by atoms with Gasteiger partial charge in [-0.25, -0.2) is 13.6 Å². The van der Waals surface area contributed by atoms with Gasteiger partial charge < -0.3 is 16.2 Å². The molecule has 8 heteroatoms. The number of primary sulfonamides is 1. The van der Waals surface area contributed by atoms with Gasteiger partial charge in [0.1, 0.15) is 16.4 Å². The van der Waals surface area contributed by atoms with Gasteiger partial charge in [-0.3, -0.25) is 4.79 Å². The molecule has 2 aromatic rings. The molecule has 0 aliphatic rings. The Labute approximate surface area is 121 Å². The fourth-order valence-corrected chi connectivity index (χ4v) is 2.34. The standard InChI is InChI=1S/C13H13N3O4S/c14-11-7-10(4-5-12(11)21(16,18)19)20-9-3-1-2-8(6-9)13(15)17/h1-7H,14H2,(H2,15,17)(H2,16,18,19). The zero-order chi connectivity index (χ0) is 15.6. The van der Waals surface area contributed by atoms with E-state index in [0.717, 1.165) is 0 Å². The number of sulfonamides is 1. The number of amides is 1. The van der Waals surface area contributed by atoms with E-state index >= 15 is 0 Å². The molecule has 110 valence electrons. The molecule has 0 atom stereocenters. The minimum Gasteiger partial charge on any atom is -0.457 e. The number of nitrogen functional groups attached to an aromatic ring is 1. The van der Waals surface area contributed by atoms with Crippen molar-refractivity contribution in [3.05, 3.63) is 48.0 Å². The maximum atomic E-state index is 11.2. The molecule has 6 N–H and O–H groups in total. The predicted molar refractivity (Wildman–Crippen MR) is 77.3 cm³/mol. The highest BCUT2D eigenvalue weighted by molar-refractivity contribution is 7.89. The lowest BCUT2D eigenvalue weighted by atomic mass is 10.2. The molecule has 0 aliphatic heterocycles. The number of anilines is 1. The van der Waals surface area contributed by atoms with Crippen LogP contribution in [-0.4, -0.2) is 14.3 Å². The summed E-state index contributed by atoms with van der Waals surface area (Å²) in [4.78, 5) is 10.9. The third-order valence-electron chi connectivity index (χ3n) is 2.64. The number of benzene rings is 2. The van der Waals surface area contributed by atoms with E-state index in [0.29, 0.717) is 17.1 Å². The van der Waals surface area contributed by atoms with Crippen LogP contribution >= 0.6 is 0 Å². The fraction of sp³-hybridized carbons (Fsp3) is 0. The predicted octanol–water partition coefficient (Wildman–Crippen LogP) is 0.807. The number of hydrogen-bond acceptors (Lipinski definition) is 5. The Hall–Kier alpha value is -2.58. The Bertz CT molecular complexity index is 803. The average molecular weight is 307 g/mol. The quantitative estimate of drug-likeness (QED) is 0.717. The number of carbonyl (C=O) groups excluding carboxylic acids is 1. The molecule has 0 saturated carbocycles. The molecule has 0 unspecified atom stereocenters. The summed E-state index contributed by atoms with van der Waals surface area (Å²) in [6.07, 6.45) is 0. The molecule has 0 aromatic heterocycles. The van der Waals surface area contributed by atoms with E-state index in [4.69, 9.17) is 21.3 Å². The Morgan fingerprint density at radius 3 is 2.29 bits per heavy atom. The average Bonchev–Trinajstić information content (AvgIpc) is 2.37. The first-order chi connectivity index (χ1) is 9.77. The smallest absolute Gasteiger partial charge is 0.248 e. The Balaban J connectivity index is 2.31. The summed E-state index contributed by atoms with van der Waals surface area (Å²) in [6.45, 7) is 0. The highest BCUT2D eigenvalue weighted by Crippen LogP contribution is 2.27. The van der Waals surface area contributed by atoms with Gasteiger partial charge in [0.25, 0.3) is 0 Å². The summed E-state index contributed by atoms with van der Waals surface area (Å²) in [5.41, 5.74) is 11.1. The molecule has 2 aromatic carbocycles. The SMILES string of the molecule is NC(=O)c1cccc(Oc2ccc(S(N)(=O)=O)c(N)c2)c1. The van der Waals surface area contributed by atoms with Gasteiger partial charge in [0.15, 0.2) is 0 Å². The van der Waals surface area contributed by atoms with Crippen LogP contribution in [0.2, 0.25) is 0 Å². The normalized spacial score (nSPS) is 11.1. The Kier molecular flexibility index (Phi) is 3.83. The molecule has 21 heavy (non-hydrogen) atoms. The van der Waals surface area contributed by atoms with Crippen LogP contribution in [0.1, 0.15) is 10.4 Å². The van der Waals surface area contributed by atoms with E-state index < -0.39 is 15.9 Å². The highest BCUT2D eigenvalue weighted by Gasteiger charge is 2.13. The second kappa shape index (κ2) is 5.43. The van der Waals surface area contributed by atoms with Crippen molar-refractivity contribution in [3.8, 4) is 11.5 Å². The minimum absolute atomic E-state index is 0.0268. The molecule has 0 saturated heterocycles. The van der Waals surface area contributed by atoms with E-state index in [1.54, 1.807) is 18.2 Å². The van der Waals surface area contributed by atoms with Gasteiger partial charge in [-0.05, 0) is 30.3 Å². The molecule has 0 bridgehead atoms. The van der Waals surface area contributed by atoms with Crippen LogP contribution in [0, 0.1) is 0 Å². The lowest BCUT2D eigenvalue weighted by Gasteiger charge is -2.09. The molecule has 0 radical (unpaired) electrons. The van der Waals surface area contributed by atoms with Crippen LogP contribution in [0.25, 0.3) is 0 Å². The largest absolute Gasteiger partial charge is 0.457 e. The van der Waals surface area contributed by atoms with Crippen LogP contribution in [0.3, 0.4) is 0 Å². The maximum Gasteiger partial charge on any atom is 0.248 e. The molecular weight excluding hydrogens is 294 g/mol. The van der Waals surface area contributed by atoms with E-state index in [9.17, 15) is 13.2 Å². The highest BCUT2D eigenvalue weighted by atomic mass is 32.2. The first-order valence-corrected chi connectivity index (χ1v) is 7.32. The van der Waals surface area contributed by atoms with Crippen LogP contribution in [0.4, 0.5) is 5.69 Å². The maximum absolute atomic E-state index is 11.2. The molecule has 0 spiro atoms. The van der Waals surface area contributed by atoms with Gasteiger partial charge in [0.05, 0.1) is 5.69 Å². The second-order valence-corrected chi connectivity index (χ2v) is 5.77. The molecule has 0 aliphatic carbocycles. The van der Waals surface area contributed by atoms with Crippen molar-refractivity contribution in [2.75, 3.05) is 5.73 Å². The van der Waals surface area contributed by atoms with Crippen LogP contribution in [-0.2, 0) is 10.0 Å². The third kappa shape index (κ3) is 3.50. The van der Waals surface area contributed by atoms with E-state index in [1.807, 2.05) is 0 Å². The van der Waals surface area contributed by atoms with Crippen molar-refractivity contribution < 1.29 is 17.9 Å².